The van der Waals surface area contributed by atoms with E-state index in [-0.39, 0.29) is 30.3 Å². The van der Waals surface area contributed by atoms with Crippen molar-refractivity contribution in [3.63, 3.8) is 0 Å². The smallest absolute Gasteiger partial charge is 0.291 e. The topological polar surface area (TPSA) is 92.3 Å². The van der Waals surface area contributed by atoms with Crippen LogP contribution in [0.5, 0.6) is 5.75 Å². The highest BCUT2D eigenvalue weighted by Crippen LogP contribution is 2.50. The third kappa shape index (κ3) is 2.80. The van der Waals surface area contributed by atoms with Crippen molar-refractivity contribution in [3.8, 4) is 5.75 Å². The van der Waals surface area contributed by atoms with Crippen LogP contribution in [-0.4, -0.2) is 35.8 Å². The van der Waals surface area contributed by atoms with Crippen molar-refractivity contribution in [1.82, 2.24) is 4.90 Å². The fourth-order valence-corrected chi connectivity index (χ4v) is 5.90. The fraction of sp³-hybridized carbons (Fsp3) is 0.400. The average molecular weight is 435 g/mol. The maximum Gasteiger partial charge on any atom is 0.291 e. The molecule has 3 heterocycles. The number of hydrogen-bond donors (Lipinski definition) is 2. The Kier molecular flexibility index (Phi) is 4.82. The molecule has 0 unspecified atom stereocenters. The molecular formula is C25H28N3O4+. The fourth-order valence-electron chi connectivity index (χ4n) is 5.90. The summed E-state index contributed by atoms with van der Waals surface area (Å²) in [5.41, 5.74) is 1.18. The van der Waals surface area contributed by atoms with Gasteiger partial charge in [-0.2, -0.15) is 0 Å². The minimum absolute atomic E-state index is 0.141. The van der Waals surface area contributed by atoms with Gasteiger partial charge in [-0.25, -0.2) is 0 Å². The van der Waals surface area contributed by atoms with Crippen molar-refractivity contribution < 1.29 is 24.4 Å². The lowest BCUT2D eigenvalue weighted by atomic mass is 9.76. The van der Waals surface area contributed by atoms with Crippen LogP contribution in [-0.2, 0) is 26.5 Å². The van der Waals surface area contributed by atoms with Crippen molar-refractivity contribution in [3.05, 3.63) is 59.7 Å². The number of nitrogens with two attached hydrogens (primary N) is 1. The molecule has 0 bridgehead atoms. The number of carbonyl (C=O) groups excluding carboxylic acids is 3. The monoisotopic (exact) mass is 434 g/mol. The zero-order chi connectivity index (χ0) is 22.6. The van der Waals surface area contributed by atoms with Gasteiger partial charge in [-0.1, -0.05) is 50.2 Å². The number of methoxy groups -OCH3 is 1. The lowest BCUT2D eigenvalue weighted by molar-refractivity contribution is -0.734. The van der Waals surface area contributed by atoms with Crippen LogP contribution in [0.15, 0.2) is 48.5 Å². The molecule has 2 aromatic carbocycles. The predicted molar refractivity (Wildman–Crippen MR) is 117 cm³/mol. The summed E-state index contributed by atoms with van der Waals surface area (Å²) in [4.78, 5) is 42.2. The first-order valence-corrected chi connectivity index (χ1v) is 11.1. The molecule has 32 heavy (non-hydrogen) atoms. The number of carbonyl (C=O) groups is 3. The molecule has 0 aliphatic carbocycles. The van der Waals surface area contributed by atoms with Gasteiger partial charge in [-0.3, -0.25) is 19.3 Å². The van der Waals surface area contributed by atoms with Crippen LogP contribution >= 0.6 is 0 Å². The summed E-state index contributed by atoms with van der Waals surface area (Å²) in [6, 6.07) is 14.8. The van der Waals surface area contributed by atoms with Gasteiger partial charge < -0.3 is 15.4 Å². The normalized spacial score (nSPS) is 28.4. The number of benzene rings is 2. The zero-order valence-electron chi connectivity index (χ0n) is 18.5. The summed E-state index contributed by atoms with van der Waals surface area (Å²) < 4.78 is 5.43. The number of likely N-dealkylation sites (tertiary alicyclic amines) is 1. The van der Waals surface area contributed by atoms with Crippen molar-refractivity contribution >= 4 is 23.4 Å². The predicted octanol–water partition coefficient (Wildman–Crippen LogP) is 1.64. The molecule has 0 aromatic heterocycles. The molecule has 1 spiro atoms. The highest BCUT2D eigenvalue weighted by Gasteiger charge is 2.74. The van der Waals surface area contributed by atoms with Gasteiger partial charge in [0.2, 0.25) is 17.4 Å². The summed E-state index contributed by atoms with van der Waals surface area (Å²) in [5.74, 6) is -0.969. The quantitative estimate of drug-likeness (QED) is 0.700. The number of amides is 3. The molecule has 3 aliphatic heterocycles. The third-order valence-electron chi connectivity index (χ3n) is 7.13. The van der Waals surface area contributed by atoms with E-state index in [1.165, 1.54) is 4.90 Å². The Labute approximate surface area is 187 Å². The van der Waals surface area contributed by atoms with E-state index < -0.39 is 17.4 Å². The molecule has 3 amide bonds. The van der Waals surface area contributed by atoms with Gasteiger partial charge in [0.15, 0.2) is 0 Å². The van der Waals surface area contributed by atoms with Crippen molar-refractivity contribution in [1.29, 1.82) is 0 Å². The molecule has 3 N–H and O–H groups in total. The van der Waals surface area contributed by atoms with Crippen molar-refractivity contribution in [2.24, 2.45) is 17.8 Å². The van der Waals surface area contributed by atoms with E-state index in [1.54, 1.807) is 7.11 Å². The number of hydrogen-bond acceptors (Lipinski definition) is 4. The summed E-state index contributed by atoms with van der Waals surface area (Å²) in [6.45, 7) is 4.34. The molecule has 0 radical (unpaired) electrons. The van der Waals surface area contributed by atoms with E-state index in [1.807, 2.05) is 53.8 Å². The number of imide groups is 1. The lowest BCUT2D eigenvalue weighted by Gasteiger charge is -2.27. The van der Waals surface area contributed by atoms with Crippen LogP contribution in [0.2, 0.25) is 0 Å². The molecule has 2 fully saturated rings. The van der Waals surface area contributed by atoms with Gasteiger partial charge in [-0.15, -0.1) is 0 Å². The minimum atomic E-state index is -1.11. The lowest BCUT2D eigenvalue weighted by Crippen LogP contribution is -2.99. The van der Waals surface area contributed by atoms with E-state index >= 15 is 0 Å². The summed E-state index contributed by atoms with van der Waals surface area (Å²) >= 11 is 0. The first kappa shape index (κ1) is 20.7. The molecule has 4 atom stereocenters. The number of anilines is 1. The Balaban J connectivity index is 1.59. The molecular weight excluding hydrogens is 406 g/mol. The van der Waals surface area contributed by atoms with E-state index in [0.29, 0.717) is 11.7 Å². The Morgan fingerprint density at radius 2 is 1.78 bits per heavy atom. The summed E-state index contributed by atoms with van der Waals surface area (Å²) in [7, 11) is 1.57. The summed E-state index contributed by atoms with van der Waals surface area (Å²) in [5, 5.41) is 4.96. The van der Waals surface area contributed by atoms with Crippen LogP contribution in [0.4, 0.5) is 5.69 Å². The van der Waals surface area contributed by atoms with Crippen molar-refractivity contribution in [2.45, 2.75) is 38.4 Å². The molecule has 3 aliphatic rings. The van der Waals surface area contributed by atoms with Crippen LogP contribution in [0.1, 0.15) is 31.4 Å². The Morgan fingerprint density at radius 1 is 1.06 bits per heavy atom. The maximum absolute atomic E-state index is 13.8. The Morgan fingerprint density at radius 3 is 2.53 bits per heavy atom. The largest absolute Gasteiger partial charge is 0.496 e. The second-order valence-electron chi connectivity index (χ2n) is 9.41. The molecule has 166 valence electrons. The van der Waals surface area contributed by atoms with Gasteiger partial charge >= 0.3 is 0 Å². The van der Waals surface area contributed by atoms with Gasteiger partial charge in [0.05, 0.1) is 19.3 Å². The SMILES string of the molecule is COc1ccccc1CN1C(=O)[C@H]2[C@H](CC(C)C)[NH2+][C@]3(C(=O)Nc4ccccc43)[C@@H]2C1=O. The number of fused-ring (bicyclic) bond motifs is 4. The third-order valence-corrected chi connectivity index (χ3v) is 7.13. The number of nitrogens with one attached hydrogen (secondary N) is 1. The maximum atomic E-state index is 13.8. The highest BCUT2D eigenvalue weighted by atomic mass is 16.5. The van der Waals surface area contributed by atoms with Gasteiger partial charge in [0, 0.05) is 17.5 Å². The second-order valence-corrected chi connectivity index (χ2v) is 9.41. The standard InChI is InChI=1S/C25H27N3O4/c1-14(2)12-18-20-21(25(27-18)16-9-5-6-10-17(16)26-24(25)31)23(30)28(22(20)29)13-15-8-4-7-11-19(15)32-3/h4-11,14,18,20-21,27H,12-13H2,1-3H3,(H,26,31)/p+1/t18-,20-,21-,25-/m0/s1. The number of ether oxygens (including phenoxy) is 1. The Bertz CT molecular complexity index is 1110. The molecule has 2 aromatic rings. The Hall–Kier alpha value is -3.19. The van der Waals surface area contributed by atoms with Crippen LogP contribution in [0.25, 0.3) is 0 Å². The second kappa shape index (κ2) is 7.45. The van der Waals surface area contributed by atoms with Gasteiger partial charge in [0.25, 0.3) is 5.91 Å². The van der Waals surface area contributed by atoms with Gasteiger partial charge in [-0.05, 0) is 18.1 Å². The van der Waals surface area contributed by atoms with E-state index in [2.05, 4.69) is 19.2 Å². The van der Waals surface area contributed by atoms with Crippen molar-refractivity contribution in [2.75, 3.05) is 12.4 Å². The zero-order valence-corrected chi connectivity index (χ0v) is 18.5. The van der Waals surface area contributed by atoms with E-state index in [0.717, 1.165) is 23.2 Å². The number of rotatable bonds is 5. The van der Waals surface area contributed by atoms with Crippen LogP contribution in [0, 0.1) is 17.8 Å². The average Bonchev–Trinajstić information content (AvgIpc) is 3.34. The first-order valence-electron chi connectivity index (χ1n) is 11.1. The molecule has 2 saturated heterocycles. The van der Waals surface area contributed by atoms with E-state index in [4.69, 9.17) is 4.74 Å². The number of para-hydroxylation sites is 2. The molecule has 7 nitrogen and oxygen atoms in total. The number of nitrogens with zero attached hydrogens (tertiary/aromatic N) is 1. The van der Waals surface area contributed by atoms with Crippen LogP contribution in [0.3, 0.4) is 0 Å². The summed E-state index contributed by atoms with van der Waals surface area (Å²) in [6.07, 6.45) is 0.750. The molecule has 5 rings (SSSR count). The highest BCUT2D eigenvalue weighted by molar-refractivity contribution is 6.13. The van der Waals surface area contributed by atoms with E-state index in [9.17, 15) is 14.4 Å². The molecule has 7 heteroatoms. The number of quaternary nitrogens is 1. The minimum Gasteiger partial charge on any atom is -0.496 e. The van der Waals surface area contributed by atoms with Crippen LogP contribution < -0.4 is 15.4 Å². The first-order chi connectivity index (χ1) is 15.4. The van der Waals surface area contributed by atoms with Gasteiger partial charge in [0.1, 0.15) is 23.6 Å². The molecule has 0 saturated carbocycles.